The Bertz CT molecular complexity index is 452. The zero-order chi connectivity index (χ0) is 13.7. The van der Waals surface area contributed by atoms with Crippen LogP contribution in [0.1, 0.15) is 37.9 Å². The average molecular weight is 258 g/mol. The van der Waals surface area contributed by atoms with Crippen LogP contribution in [0, 0.1) is 11.3 Å². The van der Waals surface area contributed by atoms with Crippen LogP contribution in [0.4, 0.5) is 0 Å². The summed E-state index contributed by atoms with van der Waals surface area (Å²) < 4.78 is 0. The van der Waals surface area contributed by atoms with Crippen molar-refractivity contribution in [2.75, 3.05) is 13.1 Å². The zero-order valence-electron chi connectivity index (χ0n) is 11.8. The monoisotopic (exact) mass is 258 g/mol. The number of hydrogen-bond acceptors (Lipinski definition) is 4. The second-order valence-electron chi connectivity index (χ2n) is 5.17. The highest BCUT2D eigenvalue weighted by molar-refractivity contribution is 5.25. The summed E-state index contributed by atoms with van der Waals surface area (Å²) in [6.45, 7) is 7.51. The van der Waals surface area contributed by atoms with Crippen molar-refractivity contribution in [1.29, 1.82) is 5.26 Å². The standard InChI is InChI=1S/C15H22N4/c1-3-13-11-19(15(4-2)9-18-13)10-12-5-6-17-14(7-12)8-16/h5-7,13,15,18H,3-4,9-11H2,1-2H3. The number of nitrogens with zero attached hydrogens (tertiary/aromatic N) is 3. The van der Waals surface area contributed by atoms with E-state index in [-0.39, 0.29) is 0 Å². The minimum absolute atomic E-state index is 0.507. The molecule has 0 saturated carbocycles. The molecule has 1 aliphatic heterocycles. The molecule has 0 amide bonds. The summed E-state index contributed by atoms with van der Waals surface area (Å²) in [6.07, 6.45) is 4.04. The second kappa shape index (κ2) is 6.65. The molecule has 1 fully saturated rings. The van der Waals surface area contributed by atoms with E-state index < -0.39 is 0 Å². The van der Waals surface area contributed by atoms with Gasteiger partial charge in [-0.05, 0) is 30.5 Å². The van der Waals surface area contributed by atoms with E-state index in [9.17, 15) is 0 Å². The van der Waals surface area contributed by atoms with Gasteiger partial charge in [0.1, 0.15) is 11.8 Å². The summed E-state index contributed by atoms with van der Waals surface area (Å²) in [7, 11) is 0. The van der Waals surface area contributed by atoms with Crippen LogP contribution in [0.25, 0.3) is 0 Å². The van der Waals surface area contributed by atoms with Crippen molar-refractivity contribution in [2.45, 2.75) is 45.3 Å². The van der Waals surface area contributed by atoms with E-state index in [1.807, 2.05) is 12.1 Å². The third-order valence-electron chi connectivity index (χ3n) is 3.90. The third kappa shape index (κ3) is 3.52. The van der Waals surface area contributed by atoms with Crippen molar-refractivity contribution >= 4 is 0 Å². The normalized spacial score (nSPS) is 24.1. The van der Waals surface area contributed by atoms with E-state index in [0.29, 0.717) is 17.8 Å². The summed E-state index contributed by atoms with van der Waals surface area (Å²) in [6, 6.07) is 7.18. The molecule has 19 heavy (non-hydrogen) atoms. The van der Waals surface area contributed by atoms with Crippen molar-refractivity contribution < 1.29 is 0 Å². The Morgan fingerprint density at radius 2 is 2.32 bits per heavy atom. The Kier molecular flexibility index (Phi) is 4.89. The van der Waals surface area contributed by atoms with Crippen LogP contribution in [0.5, 0.6) is 0 Å². The molecule has 2 atom stereocenters. The van der Waals surface area contributed by atoms with E-state index in [4.69, 9.17) is 5.26 Å². The number of aromatic nitrogens is 1. The zero-order valence-corrected chi connectivity index (χ0v) is 11.8. The molecule has 0 radical (unpaired) electrons. The van der Waals surface area contributed by atoms with Crippen molar-refractivity contribution in [2.24, 2.45) is 0 Å². The van der Waals surface area contributed by atoms with Crippen LogP contribution < -0.4 is 5.32 Å². The maximum atomic E-state index is 8.91. The molecule has 0 aromatic carbocycles. The van der Waals surface area contributed by atoms with Crippen LogP contribution >= 0.6 is 0 Å². The first-order chi connectivity index (χ1) is 9.26. The first-order valence-electron chi connectivity index (χ1n) is 7.09. The summed E-state index contributed by atoms with van der Waals surface area (Å²) in [4.78, 5) is 6.56. The van der Waals surface area contributed by atoms with E-state index in [2.05, 4.69) is 35.1 Å². The maximum absolute atomic E-state index is 8.91. The third-order valence-corrected chi connectivity index (χ3v) is 3.90. The summed E-state index contributed by atoms with van der Waals surface area (Å²) in [5.74, 6) is 0. The van der Waals surface area contributed by atoms with Gasteiger partial charge in [0.2, 0.25) is 0 Å². The first-order valence-corrected chi connectivity index (χ1v) is 7.09. The minimum Gasteiger partial charge on any atom is -0.311 e. The van der Waals surface area contributed by atoms with Crippen LogP contribution in [-0.2, 0) is 6.54 Å². The molecule has 4 nitrogen and oxygen atoms in total. The Morgan fingerprint density at radius 1 is 1.47 bits per heavy atom. The lowest BCUT2D eigenvalue weighted by Gasteiger charge is -2.40. The molecule has 2 unspecified atom stereocenters. The van der Waals surface area contributed by atoms with Crippen molar-refractivity contribution in [3.63, 3.8) is 0 Å². The number of nitrogens with one attached hydrogen (secondary N) is 1. The van der Waals surface area contributed by atoms with E-state index >= 15 is 0 Å². The van der Waals surface area contributed by atoms with Gasteiger partial charge in [0, 0.05) is 37.9 Å². The van der Waals surface area contributed by atoms with Crippen LogP contribution in [-0.4, -0.2) is 35.1 Å². The fourth-order valence-corrected chi connectivity index (χ4v) is 2.67. The minimum atomic E-state index is 0.507. The fraction of sp³-hybridized carbons (Fsp3) is 0.600. The van der Waals surface area contributed by atoms with Gasteiger partial charge < -0.3 is 5.32 Å². The molecule has 1 N–H and O–H groups in total. The van der Waals surface area contributed by atoms with Gasteiger partial charge >= 0.3 is 0 Å². The van der Waals surface area contributed by atoms with Gasteiger partial charge in [-0.1, -0.05) is 13.8 Å². The summed E-state index contributed by atoms with van der Waals surface area (Å²) in [5.41, 5.74) is 1.69. The number of piperazine rings is 1. The molecule has 102 valence electrons. The second-order valence-corrected chi connectivity index (χ2v) is 5.17. The molecule has 1 aromatic rings. The quantitative estimate of drug-likeness (QED) is 0.896. The summed E-state index contributed by atoms with van der Waals surface area (Å²) in [5, 5.41) is 12.5. The predicted octanol–water partition coefficient (Wildman–Crippen LogP) is 1.92. The Morgan fingerprint density at radius 3 is 3.00 bits per heavy atom. The molecule has 0 spiro atoms. The molecule has 1 aromatic heterocycles. The van der Waals surface area contributed by atoms with Gasteiger partial charge in [-0.15, -0.1) is 0 Å². The number of nitriles is 1. The number of hydrogen-bond donors (Lipinski definition) is 1. The SMILES string of the molecule is CCC1CN(Cc2ccnc(C#N)c2)C(CC)CN1. The van der Waals surface area contributed by atoms with Gasteiger partial charge in [0.15, 0.2) is 0 Å². The molecule has 2 rings (SSSR count). The van der Waals surface area contributed by atoms with Crippen LogP contribution in [0.15, 0.2) is 18.3 Å². The van der Waals surface area contributed by atoms with Crippen molar-refractivity contribution in [1.82, 2.24) is 15.2 Å². The van der Waals surface area contributed by atoms with Gasteiger partial charge in [0.05, 0.1) is 0 Å². The highest BCUT2D eigenvalue weighted by Crippen LogP contribution is 2.16. The summed E-state index contributed by atoms with van der Waals surface area (Å²) >= 11 is 0. The van der Waals surface area contributed by atoms with Gasteiger partial charge in [-0.2, -0.15) is 5.26 Å². The Balaban J connectivity index is 2.07. The predicted molar refractivity (Wildman–Crippen MR) is 75.5 cm³/mol. The Labute approximate surface area is 115 Å². The molecule has 0 aliphatic carbocycles. The smallest absolute Gasteiger partial charge is 0.140 e. The molecular weight excluding hydrogens is 236 g/mol. The molecule has 0 bridgehead atoms. The van der Waals surface area contributed by atoms with E-state index in [1.54, 1.807) is 6.20 Å². The topological polar surface area (TPSA) is 52.0 Å². The van der Waals surface area contributed by atoms with Gasteiger partial charge in [0.25, 0.3) is 0 Å². The number of pyridine rings is 1. The first kappa shape index (κ1) is 14.0. The van der Waals surface area contributed by atoms with Crippen LogP contribution in [0.2, 0.25) is 0 Å². The van der Waals surface area contributed by atoms with Crippen molar-refractivity contribution in [3.8, 4) is 6.07 Å². The molecule has 1 saturated heterocycles. The highest BCUT2D eigenvalue weighted by Gasteiger charge is 2.25. The Hall–Kier alpha value is -1.44. The maximum Gasteiger partial charge on any atom is 0.140 e. The molecule has 2 heterocycles. The average Bonchev–Trinajstić information content (AvgIpc) is 2.47. The highest BCUT2D eigenvalue weighted by atomic mass is 15.2. The molecule has 4 heteroatoms. The number of rotatable bonds is 4. The molecule has 1 aliphatic rings. The van der Waals surface area contributed by atoms with Gasteiger partial charge in [-0.3, -0.25) is 4.90 Å². The lowest BCUT2D eigenvalue weighted by molar-refractivity contribution is 0.117. The fourth-order valence-electron chi connectivity index (χ4n) is 2.67. The van der Waals surface area contributed by atoms with Gasteiger partial charge in [-0.25, -0.2) is 4.98 Å². The van der Waals surface area contributed by atoms with E-state index in [0.717, 1.165) is 32.5 Å². The lowest BCUT2D eigenvalue weighted by Crippen LogP contribution is -2.55. The van der Waals surface area contributed by atoms with E-state index in [1.165, 1.54) is 5.56 Å². The lowest BCUT2D eigenvalue weighted by atomic mass is 10.0. The van der Waals surface area contributed by atoms with Crippen LogP contribution in [0.3, 0.4) is 0 Å². The largest absolute Gasteiger partial charge is 0.311 e. The van der Waals surface area contributed by atoms with Crippen molar-refractivity contribution in [3.05, 3.63) is 29.6 Å². The molecular formula is C15H22N4.